The molecule has 0 atom stereocenters. The Bertz CT molecular complexity index is 1000. The first kappa shape index (κ1) is 20.8. The molecule has 0 radical (unpaired) electrons. The molecule has 0 aromatic heterocycles. The number of para-hydroxylation sites is 1. The number of hydrogen-bond donors (Lipinski definition) is 0. The van der Waals surface area contributed by atoms with E-state index < -0.39 is 0 Å². The molecule has 2 aliphatic rings. The molecule has 3 aromatic rings. The Kier molecular flexibility index (Phi) is 6.22. The average molecular weight is 426 g/mol. The van der Waals surface area contributed by atoms with Crippen molar-refractivity contribution in [1.29, 1.82) is 0 Å². The van der Waals surface area contributed by atoms with Crippen LogP contribution in [0.1, 0.15) is 23.2 Å². The van der Waals surface area contributed by atoms with Crippen LogP contribution in [0.15, 0.2) is 84.9 Å². The zero-order valence-corrected chi connectivity index (χ0v) is 18.6. The number of anilines is 1. The van der Waals surface area contributed by atoms with Gasteiger partial charge in [-0.05, 0) is 48.2 Å². The van der Waals surface area contributed by atoms with E-state index in [1.165, 1.54) is 11.3 Å². The van der Waals surface area contributed by atoms with Gasteiger partial charge in [0.15, 0.2) is 0 Å². The normalized spacial score (nSPS) is 18.0. The van der Waals surface area contributed by atoms with Crippen LogP contribution in [-0.2, 0) is 0 Å². The molecular formula is C28H31N3O. The van der Waals surface area contributed by atoms with Crippen molar-refractivity contribution in [2.45, 2.75) is 18.9 Å². The Labute approximate surface area is 191 Å². The van der Waals surface area contributed by atoms with Crippen LogP contribution in [0.2, 0.25) is 0 Å². The number of nitrogens with zero attached hydrogens (tertiary/aromatic N) is 3. The molecule has 0 spiro atoms. The Morgan fingerprint density at radius 3 is 1.81 bits per heavy atom. The molecule has 2 aliphatic heterocycles. The van der Waals surface area contributed by atoms with Crippen LogP contribution in [0.4, 0.5) is 5.69 Å². The molecule has 0 unspecified atom stereocenters. The minimum Gasteiger partial charge on any atom is -0.369 e. The summed E-state index contributed by atoms with van der Waals surface area (Å²) in [6, 6.07) is 29.7. The van der Waals surface area contributed by atoms with Crippen LogP contribution < -0.4 is 4.90 Å². The van der Waals surface area contributed by atoms with Crippen LogP contribution >= 0.6 is 0 Å². The third kappa shape index (κ3) is 4.56. The predicted octanol–water partition coefficient (Wildman–Crippen LogP) is 4.78. The first-order valence-electron chi connectivity index (χ1n) is 11.8. The number of piperidine rings is 1. The fraction of sp³-hybridized carbons (Fsp3) is 0.321. The first-order chi connectivity index (χ1) is 15.8. The molecule has 5 rings (SSSR count). The molecule has 0 saturated carbocycles. The molecule has 4 heteroatoms. The zero-order chi connectivity index (χ0) is 21.8. The number of amides is 1. The van der Waals surface area contributed by atoms with E-state index in [0.29, 0.717) is 6.04 Å². The minimum absolute atomic E-state index is 0.164. The van der Waals surface area contributed by atoms with E-state index in [1.807, 2.05) is 35.2 Å². The average Bonchev–Trinajstić information content (AvgIpc) is 2.90. The Hall–Kier alpha value is -3.11. The van der Waals surface area contributed by atoms with Crippen molar-refractivity contribution >= 4 is 11.6 Å². The molecular weight excluding hydrogens is 394 g/mol. The van der Waals surface area contributed by atoms with E-state index in [1.54, 1.807) is 0 Å². The third-order valence-corrected chi connectivity index (χ3v) is 6.94. The lowest BCUT2D eigenvalue weighted by atomic mass is 10.00. The molecule has 2 fully saturated rings. The summed E-state index contributed by atoms with van der Waals surface area (Å²) in [6.45, 7) is 6.07. The highest BCUT2D eigenvalue weighted by atomic mass is 16.2. The monoisotopic (exact) mass is 425 g/mol. The highest BCUT2D eigenvalue weighted by Gasteiger charge is 2.29. The van der Waals surface area contributed by atoms with Gasteiger partial charge in [0.25, 0.3) is 5.91 Å². The topological polar surface area (TPSA) is 26.8 Å². The number of rotatable bonds is 4. The summed E-state index contributed by atoms with van der Waals surface area (Å²) in [4.78, 5) is 20.2. The van der Waals surface area contributed by atoms with Gasteiger partial charge in [-0.2, -0.15) is 0 Å². The van der Waals surface area contributed by atoms with E-state index in [-0.39, 0.29) is 5.91 Å². The first-order valence-corrected chi connectivity index (χ1v) is 11.8. The molecule has 164 valence electrons. The van der Waals surface area contributed by atoms with Crippen LogP contribution in [0.5, 0.6) is 0 Å². The third-order valence-electron chi connectivity index (χ3n) is 6.94. The Balaban J connectivity index is 1.13. The lowest BCUT2D eigenvalue weighted by Gasteiger charge is -2.43. The van der Waals surface area contributed by atoms with Gasteiger partial charge in [-0.3, -0.25) is 9.69 Å². The Morgan fingerprint density at radius 2 is 1.19 bits per heavy atom. The van der Waals surface area contributed by atoms with Crippen molar-refractivity contribution in [2.24, 2.45) is 0 Å². The fourth-order valence-corrected chi connectivity index (χ4v) is 5.04. The fourth-order valence-electron chi connectivity index (χ4n) is 5.04. The van der Waals surface area contributed by atoms with Crippen LogP contribution in [-0.4, -0.2) is 61.0 Å². The van der Waals surface area contributed by atoms with Crippen molar-refractivity contribution in [3.63, 3.8) is 0 Å². The summed E-state index contributed by atoms with van der Waals surface area (Å²) in [5.74, 6) is 0.164. The van der Waals surface area contributed by atoms with Gasteiger partial charge in [-0.25, -0.2) is 0 Å². The van der Waals surface area contributed by atoms with E-state index in [0.717, 1.165) is 63.2 Å². The molecule has 2 heterocycles. The standard InChI is InChI=1S/C28H31N3O/c32-28(25-13-11-24(12-14-25)23-7-3-1-4-8-23)31-17-15-27(16-18-31)30-21-19-29(20-22-30)26-9-5-2-6-10-26/h1-14,27H,15-22H2. The van der Waals surface area contributed by atoms with Gasteiger partial charge in [0.2, 0.25) is 0 Å². The molecule has 3 aromatic carbocycles. The second-order valence-electron chi connectivity index (χ2n) is 8.83. The van der Waals surface area contributed by atoms with Gasteiger partial charge in [0.05, 0.1) is 0 Å². The summed E-state index contributed by atoms with van der Waals surface area (Å²) >= 11 is 0. The van der Waals surface area contributed by atoms with E-state index >= 15 is 0 Å². The predicted molar refractivity (Wildman–Crippen MR) is 131 cm³/mol. The number of carbonyl (C=O) groups excluding carboxylic acids is 1. The van der Waals surface area contributed by atoms with Gasteiger partial charge < -0.3 is 9.80 Å². The highest BCUT2D eigenvalue weighted by Crippen LogP contribution is 2.24. The lowest BCUT2D eigenvalue weighted by Crippen LogP contribution is -2.53. The Morgan fingerprint density at radius 1 is 0.625 bits per heavy atom. The highest BCUT2D eigenvalue weighted by molar-refractivity contribution is 5.94. The van der Waals surface area contributed by atoms with Crippen molar-refractivity contribution in [2.75, 3.05) is 44.2 Å². The maximum atomic E-state index is 13.0. The minimum atomic E-state index is 0.164. The summed E-state index contributed by atoms with van der Waals surface area (Å²) < 4.78 is 0. The van der Waals surface area contributed by atoms with Crippen molar-refractivity contribution < 1.29 is 4.79 Å². The summed E-state index contributed by atoms with van der Waals surface area (Å²) in [7, 11) is 0. The maximum absolute atomic E-state index is 13.0. The van der Waals surface area contributed by atoms with Gasteiger partial charge in [-0.1, -0.05) is 60.7 Å². The number of hydrogen-bond acceptors (Lipinski definition) is 3. The molecule has 0 bridgehead atoms. The van der Waals surface area contributed by atoms with Crippen molar-refractivity contribution in [1.82, 2.24) is 9.80 Å². The summed E-state index contributed by atoms with van der Waals surface area (Å²) in [6.07, 6.45) is 2.14. The largest absolute Gasteiger partial charge is 0.369 e. The second kappa shape index (κ2) is 9.58. The maximum Gasteiger partial charge on any atom is 0.253 e. The van der Waals surface area contributed by atoms with E-state index in [2.05, 4.69) is 64.4 Å². The number of benzene rings is 3. The van der Waals surface area contributed by atoms with E-state index in [9.17, 15) is 4.79 Å². The molecule has 0 N–H and O–H groups in total. The van der Waals surface area contributed by atoms with Crippen LogP contribution in [0, 0.1) is 0 Å². The molecule has 0 aliphatic carbocycles. The van der Waals surface area contributed by atoms with Gasteiger partial charge in [-0.15, -0.1) is 0 Å². The lowest BCUT2D eigenvalue weighted by molar-refractivity contribution is 0.0611. The molecule has 32 heavy (non-hydrogen) atoms. The quantitative estimate of drug-likeness (QED) is 0.602. The second-order valence-corrected chi connectivity index (χ2v) is 8.83. The molecule has 2 saturated heterocycles. The zero-order valence-electron chi connectivity index (χ0n) is 18.6. The van der Waals surface area contributed by atoms with Crippen LogP contribution in [0.3, 0.4) is 0 Å². The van der Waals surface area contributed by atoms with E-state index in [4.69, 9.17) is 0 Å². The van der Waals surface area contributed by atoms with Crippen LogP contribution in [0.25, 0.3) is 11.1 Å². The van der Waals surface area contributed by atoms with Gasteiger partial charge in [0, 0.05) is 56.6 Å². The number of piperazine rings is 1. The van der Waals surface area contributed by atoms with Gasteiger partial charge in [0.1, 0.15) is 0 Å². The SMILES string of the molecule is O=C(c1ccc(-c2ccccc2)cc1)N1CCC(N2CCN(c3ccccc3)CC2)CC1. The summed E-state index contributed by atoms with van der Waals surface area (Å²) in [5.41, 5.74) is 4.45. The number of likely N-dealkylation sites (tertiary alicyclic amines) is 1. The summed E-state index contributed by atoms with van der Waals surface area (Å²) in [5, 5.41) is 0. The molecule has 4 nitrogen and oxygen atoms in total. The number of carbonyl (C=O) groups is 1. The van der Waals surface area contributed by atoms with Crippen molar-refractivity contribution in [3.8, 4) is 11.1 Å². The van der Waals surface area contributed by atoms with Gasteiger partial charge >= 0.3 is 0 Å². The van der Waals surface area contributed by atoms with Crippen molar-refractivity contribution in [3.05, 3.63) is 90.5 Å². The smallest absolute Gasteiger partial charge is 0.253 e. The molecule has 1 amide bonds.